The van der Waals surface area contributed by atoms with E-state index in [0.717, 1.165) is 30.0 Å². The summed E-state index contributed by atoms with van der Waals surface area (Å²) < 4.78 is 51.7. The first-order valence-electron chi connectivity index (χ1n) is 5.40. The molecule has 10 heteroatoms. The van der Waals surface area contributed by atoms with E-state index >= 15 is 0 Å². The van der Waals surface area contributed by atoms with E-state index in [-0.39, 0.29) is 16.8 Å². The van der Waals surface area contributed by atoms with Crippen molar-refractivity contribution < 1.29 is 22.1 Å². The minimum Gasteiger partial charge on any atom is -0.445 e. The summed E-state index contributed by atoms with van der Waals surface area (Å²) in [5.74, 6) is -1.13. The van der Waals surface area contributed by atoms with Crippen LogP contribution >= 0.6 is 11.8 Å². The van der Waals surface area contributed by atoms with Crippen LogP contribution in [0.15, 0.2) is 28.4 Å². The molecule has 2 rings (SSSR count). The zero-order valence-corrected chi connectivity index (χ0v) is 10.6. The van der Waals surface area contributed by atoms with Crippen LogP contribution in [-0.2, 0) is 4.79 Å². The molecule has 1 aliphatic heterocycles. The fourth-order valence-electron chi connectivity index (χ4n) is 1.49. The Morgan fingerprint density at radius 2 is 2.10 bits per heavy atom. The van der Waals surface area contributed by atoms with Crippen molar-refractivity contribution in [3.05, 3.63) is 29.6 Å². The molecule has 1 aliphatic rings. The van der Waals surface area contributed by atoms with E-state index in [1.165, 1.54) is 0 Å². The van der Waals surface area contributed by atoms with Gasteiger partial charge in [-0.3, -0.25) is 4.79 Å². The summed E-state index contributed by atoms with van der Waals surface area (Å²) in [5.41, 5.74) is -1.74. The van der Waals surface area contributed by atoms with Gasteiger partial charge in [0.15, 0.2) is 5.17 Å². The van der Waals surface area contributed by atoms with E-state index in [1.807, 2.05) is 0 Å². The Morgan fingerprint density at radius 1 is 1.35 bits per heavy atom. The number of nitrogens with zero attached hydrogens (tertiary/aromatic N) is 2. The fourth-order valence-corrected chi connectivity index (χ4v) is 2.12. The first-order valence-corrected chi connectivity index (χ1v) is 6.38. The summed E-state index contributed by atoms with van der Waals surface area (Å²) in [6, 6.07) is 2.67. The minimum atomic E-state index is -5.35. The lowest BCUT2D eigenvalue weighted by molar-refractivity contribution is -0.116. The highest BCUT2D eigenvalue weighted by molar-refractivity contribution is 8.15. The Labute approximate surface area is 115 Å². The van der Waals surface area contributed by atoms with Gasteiger partial charge in [-0.15, -0.1) is 5.10 Å². The number of nitrogens with one attached hydrogen (secondary N) is 1. The lowest BCUT2D eigenvalue weighted by atomic mass is 9.77. The van der Waals surface area contributed by atoms with Crippen LogP contribution in [0.25, 0.3) is 0 Å². The van der Waals surface area contributed by atoms with Gasteiger partial charge in [0.2, 0.25) is 5.91 Å². The fraction of sp³-hybridized carbons (Fsp3) is 0.100. The summed E-state index contributed by atoms with van der Waals surface area (Å²) in [7, 11) is 0. The van der Waals surface area contributed by atoms with E-state index in [9.17, 15) is 22.1 Å². The van der Waals surface area contributed by atoms with E-state index in [1.54, 1.807) is 0 Å². The van der Waals surface area contributed by atoms with Crippen LogP contribution in [0.2, 0.25) is 0 Å². The van der Waals surface area contributed by atoms with Crippen molar-refractivity contribution in [2.75, 3.05) is 5.75 Å². The summed E-state index contributed by atoms with van der Waals surface area (Å²) in [4.78, 5) is 10.9. The zero-order chi connectivity index (χ0) is 14.8. The van der Waals surface area contributed by atoms with Gasteiger partial charge in [-0.2, -0.15) is 5.10 Å². The van der Waals surface area contributed by atoms with Crippen LogP contribution in [0.5, 0.6) is 0 Å². The highest BCUT2D eigenvalue weighted by atomic mass is 32.2. The van der Waals surface area contributed by atoms with Gasteiger partial charge in [0.05, 0.1) is 12.0 Å². The van der Waals surface area contributed by atoms with Crippen molar-refractivity contribution in [1.29, 1.82) is 0 Å². The molecule has 1 fully saturated rings. The lowest BCUT2D eigenvalue weighted by Gasteiger charge is -2.17. The SMILES string of the molecule is O=C1CSC(=NN=Cc2c(F)cccc2[B-](F)(F)F)N1. The van der Waals surface area contributed by atoms with Gasteiger partial charge in [0.25, 0.3) is 0 Å². The molecule has 4 nitrogen and oxygen atoms in total. The topological polar surface area (TPSA) is 53.8 Å². The molecule has 0 aromatic heterocycles. The molecule has 0 unspecified atom stereocenters. The number of rotatable bonds is 3. The molecular formula is C10H7BF4N3OS-. The maximum absolute atomic E-state index is 13.4. The summed E-state index contributed by atoms with van der Waals surface area (Å²) in [6.45, 7) is -5.35. The molecule has 0 atom stereocenters. The molecular weight excluding hydrogens is 297 g/mol. The van der Waals surface area contributed by atoms with Gasteiger partial charge in [-0.05, 0) is 6.07 Å². The third kappa shape index (κ3) is 3.38. The molecule has 1 heterocycles. The predicted molar refractivity (Wildman–Crippen MR) is 70.7 cm³/mol. The molecule has 0 bridgehead atoms. The Morgan fingerprint density at radius 3 is 2.70 bits per heavy atom. The van der Waals surface area contributed by atoms with Gasteiger partial charge in [-0.1, -0.05) is 29.4 Å². The van der Waals surface area contributed by atoms with Crippen molar-refractivity contribution in [3.8, 4) is 0 Å². The number of hydrogen-bond donors (Lipinski definition) is 1. The Bertz CT molecular complexity index is 603. The Kier molecular flexibility index (Phi) is 4.12. The van der Waals surface area contributed by atoms with Gasteiger partial charge < -0.3 is 18.3 Å². The molecule has 1 N–H and O–H groups in total. The smallest absolute Gasteiger partial charge is 0.445 e. The molecule has 0 spiro atoms. The maximum Gasteiger partial charge on any atom is 0.510 e. The standard InChI is InChI=1S/C10H7BF4N3OS/c12-8-3-1-2-7(11(13,14)15)6(8)4-16-18-10-17-9(19)5-20-10/h1-4H,5H2,(H,17,18,19)/q-1. The molecule has 0 saturated carbocycles. The van der Waals surface area contributed by atoms with Crippen LogP contribution in [0.3, 0.4) is 0 Å². The van der Waals surface area contributed by atoms with Crippen LogP contribution in [0.4, 0.5) is 17.3 Å². The third-order valence-corrected chi connectivity index (χ3v) is 3.22. The molecule has 1 amide bonds. The first kappa shape index (κ1) is 14.6. The lowest BCUT2D eigenvalue weighted by Crippen LogP contribution is -2.37. The number of carbonyl (C=O) groups is 1. The highest BCUT2D eigenvalue weighted by Gasteiger charge is 2.29. The number of carbonyl (C=O) groups excluding carboxylic acids is 1. The summed E-state index contributed by atoms with van der Waals surface area (Å²) in [6.07, 6.45) is 0.692. The number of hydrogen-bond acceptors (Lipinski definition) is 4. The molecule has 1 saturated heterocycles. The molecule has 0 aliphatic carbocycles. The minimum absolute atomic E-state index is 0.168. The number of thioether (sulfide) groups is 1. The largest absolute Gasteiger partial charge is 0.510 e. The average molecular weight is 304 g/mol. The normalized spacial score (nSPS) is 18.0. The van der Waals surface area contributed by atoms with Crippen LogP contribution in [0.1, 0.15) is 5.56 Å². The van der Waals surface area contributed by atoms with Crippen molar-refractivity contribution in [2.45, 2.75) is 0 Å². The second-order valence-electron chi connectivity index (χ2n) is 3.80. The molecule has 20 heavy (non-hydrogen) atoms. The van der Waals surface area contributed by atoms with Gasteiger partial charge in [0, 0.05) is 5.56 Å². The zero-order valence-electron chi connectivity index (χ0n) is 9.82. The Hall–Kier alpha value is -1.84. The van der Waals surface area contributed by atoms with Crippen LogP contribution < -0.4 is 10.8 Å². The molecule has 106 valence electrons. The van der Waals surface area contributed by atoms with Gasteiger partial charge in [-0.25, -0.2) is 4.39 Å². The second kappa shape index (κ2) is 5.65. The monoisotopic (exact) mass is 304 g/mol. The van der Waals surface area contributed by atoms with Crippen molar-refractivity contribution >= 4 is 41.5 Å². The number of amides is 1. The van der Waals surface area contributed by atoms with E-state index in [2.05, 4.69) is 15.5 Å². The second-order valence-corrected chi connectivity index (χ2v) is 4.77. The average Bonchev–Trinajstić information content (AvgIpc) is 2.76. The predicted octanol–water partition coefficient (Wildman–Crippen LogP) is 1.43. The van der Waals surface area contributed by atoms with Crippen molar-refractivity contribution in [2.24, 2.45) is 10.2 Å². The van der Waals surface area contributed by atoms with Crippen LogP contribution in [-0.4, -0.2) is 30.0 Å². The molecule has 1 aromatic rings. The van der Waals surface area contributed by atoms with Gasteiger partial charge in [0.1, 0.15) is 5.82 Å². The number of benzene rings is 1. The molecule has 1 aromatic carbocycles. The first-order chi connectivity index (χ1) is 9.38. The van der Waals surface area contributed by atoms with Crippen LogP contribution in [0, 0.1) is 5.82 Å². The van der Waals surface area contributed by atoms with E-state index in [4.69, 9.17) is 0 Å². The third-order valence-electron chi connectivity index (χ3n) is 2.36. The number of amidine groups is 1. The van der Waals surface area contributed by atoms with E-state index in [0.29, 0.717) is 6.21 Å². The van der Waals surface area contributed by atoms with Crippen molar-refractivity contribution in [3.63, 3.8) is 0 Å². The highest BCUT2D eigenvalue weighted by Crippen LogP contribution is 2.14. The van der Waals surface area contributed by atoms with Crippen molar-refractivity contribution in [1.82, 2.24) is 5.32 Å². The summed E-state index contributed by atoms with van der Waals surface area (Å²) >= 11 is 1.06. The Balaban J connectivity index is 2.27. The van der Waals surface area contributed by atoms with E-state index < -0.39 is 23.8 Å². The number of halogens is 4. The molecule has 0 radical (unpaired) electrons. The quantitative estimate of drug-likeness (QED) is 0.397. The maximum atomic E-state index is 13.4. The van der Waals surface area contributed by atoms with Gasteiger partial charge >= 0.3 is 6.98 Å². The summed E-state index contributed by atoms with van der Waals surface area (Å²) in [5, 5.41) is 9.43.